The van der Waals surface area contributed by atoms with Crippen LogP contribution in [0, 0.1) is 5.92 Å². The number of ether oxygens (including phenoxy) is 1. The second kappa shape index (κ2) is 7.42. The molecular weight excluding hydrogens is 322 g/mol. The van der Waals surface area contributed by atoms with Crippen LogP contribution in [0.15, 0.2) is 24.3 Å². The van der Waals surface area contributed by atoms with E-state index in [9.17, 15) is 9.59 Å². The molecule has 0 atom stereocenters. The number of hydrogen-bond acceptors (Lipinski definition) is 6. The molecule has 0 saturated carbocycles. The lowest BCUT2D eigenvalue weighted by Gasteiger charge is -2.31. The number of aromatic nitrogens is 4. The summed E-state index contributed by atoms with van der Waals surface area (Å²) < 4.78 is 6.63. The molecule has 1 amide bonds. The first kappa shape index (κ1) is 17.1. The molecule has 8 heteroatoms. The Bertz CT molecular complexity index is 765. The summed E-state index contributed by atoms with van der Waals surface area (Å²) in [4.78, 5) is 26.3. The standard InChI is InChI=1S/C17H21N5O3/c1-3-25-17(24)12-7-9-22(10-8-12)16(23)14-6-4-5-13(11-14)15-18-19-20-21(15)2/h4-6,11-12H,3,7-10H2,1-2H3. The lowest BCUT2D eigenvalue weighted by atomic mass is 9.96. The van der Waals surface area contributed by atoms with Gasteiger partial charge in [-0.15, -0.1) is 5.10 Å². The zero-order valence-electron chi connectivity index (χ0n) is 14.4. The van der Waals surface area contributed by atoms with Gasteiger partial charge in [-0.1, -0.05) is 12.1 Å². The van der Waals surface area contributed by atoms with Crippen LogP contribution >= 0.6 is 0 Å². The van der Waals surface area contributed by atoms with Gasteiger partial charge in [0.1, 0.15) is 0 Å². The third-order valence-corrected chi connectivity index (χ3v) is 4.39. The summed E-state index contributed by atoms with van der Waals surface area (Å²) >= 11 is 0. The van der Waals surface area contributed by atoms with E-state index in [2.05, 4.69) is 15.5 Å². The minimum absolute atomic E-state index is 0.0423. The molecule has 8 nitrogen and oxygen atoms in total. The Hall–Kier alpha value is -2.77. The van der Waals surface area contributed by atoms with Gasteiger partial charge in [-0.3, -0.25) is 9.59 Å². The average Bonchev–Trinajstić information content (AvgIpc) is 3.07. The smallest absolute Gasteiger partial charge is 0.309 e. The van der Waals surface area contributed by atoms with Gasteiger partial charge in [-0.05, 0) is 42.3 Å². The predicted octanol–water partition coefficient (Wildman–Crippen LogP) is 1.29. The maximum Gasteiger partial charge on any atom is 0.309 e. The first-order valence-corrected chi connectivity index (χ1v) is 8.39. The summed E-state index contributed by atoms with van der Waals surface area (Å²) in [6, 6.07) is 7.27. The lowest BCUT2D eigenvalue weighted by Crippen LogP contribution is -2.40. The highest BCUT2D eigenvalue weighted by molar-refractivity contribution is 5.95. The number of likely N-dealkylation sites (tertiary alicyclic amines) is 1. The van der Waals surface area contributed by atoms with E-state index in [0.29, 0.717) is 43.9 Å². The van der Waals surface area contributed by atoms with E-state index in [-0.39, 0.29) is 17.8 Å². The number of rotatable bonds is 4. The maximum absolute atomic E-state index is 12.8. The molecule has 0 aliphatic carbocycles. The number of carbonyl (C=O) groups is 2. The number of benzene rings is 1. The molecule has 0 N–H and O–H groups in total. The summed E-state index contributed by atoms with van der Waals surface area (Å²) in [6.07, 6.45) is 1.27. The number of tetrazole rings is 1. The van der Waals surface area contributed by atoms with E-state index >= 15 is 0 Å². The molecule has 0 spiro atoms. The maximum atomic E-state index is 12.8. The molecule has 2 heterocycles. The SMILES string of the molecule is CCOC(=O)C1CCN(C(=O)c2cccc(-c3nnnn3C)c2)CC1. The van der Waals surface area contributed by atoms with E-state index in [4.69, 9.17) is 4.74 Å². The van der Waals surface area contributed by atoms with E-state index in [0.717, 1.165) is 5.56 Å². The van der Waals surface area contributed by atoms with Crippen LogP contribution in [-0.2, 0) is 16.6 Å². The number of aryl methyl sites for hydroxylation is 1. The summed E-state index contributed by atoms with van der Waals surface area (Å²) in [5, 5.41) is 11.4. The minimum Gasteiger partial charge on any atom is -0.466 e. The molecule has 132 valence electrons. The van der Waals surface area contributed by atoms with Crippen LogP contribution in [0.1, 0.15) is 30.1 Å². The fraction of sp³-hybridized carbons (Fsp3) is 0.471. The fourth-order valence-corrected chi connectivity index (χ4v) is 3.03. The Balaban J connectivity index is 1.68. The van der Waals surface area contributed by atoms with E-state index < -0.39 is 0 Å². The Labute approximate surface area is 145 Å². The molecule has 0 radical (unpaired) electrons. The molecule has 25 heavy (non-hydrogen) atoms. The topological polar surface area (TPSA) is 90.2 Å². The zero-order valence-corrected chi connectivity index (χ0v) is 14.4. The number of esters is 1. The molecule has 1 aliphatic heterocycles. The second-order valence-electron chi connectivity index (χ2n) is 6.03. The Morgan fingerprint density at radius 3 is 2.68 bits per heavy atom. The predicted molar refractivity (Wildman–Crippen MR) is 89.5 cm³/mol. The number of amides is 1. The van der Waals surface area contributed by atoms with Crippen LogP contribution in [0.3, 0.4) is 0 Å². The van der Waals surface area contributed by atoms with Crippen LogP contribution in [0.4, 0.5) is 0 Å². The van der Waals surface area contributed by atoms with Gasteiger partial charge < -0.3 is 9.64 Å². The summed E-state index contributed by atoms with van der Waals surface area (Å²) in [5.74, 6) is 0.293. The molecule has 1 aromatic heterocycles. The van der Waals surface area contributed by atoms with Crippen molar-refractivity contribution in [3.63, 3.8) is 0 Å². The molecular formula is C17H21N5O3. The van der Waals surface area contributed by atoms with Crippen LogP contribution in [-0.4, -0.2) is 56.7 Å². The van der Waals surface area contributed by atoms with Crippen molar-refractivity contribution >= 4 is 11.9 Å². The van der Waals surface area contributed by atoms with E-state index in [1.165, 1.54) is 0 Å². The van der Waals surface area contributed by atoms with Crippen LogP contribution in [0.25, 0.3) is 11.4 Å². The van der Waals surface area contributed by atoms with Crippen molar-refractivity contribution in [2.24, 2.45) is 13.0 Å². The minimum atomic E-state index is -0.161. The van der Waals surface area contributed by atoms with Crippen molar-refractivity contribution in [1.29, 1.82) is 0 Å². The van der Waals surface area contributed by atoms with Crippen molar-refractivity contribution in [2.45, 2.75) is 19.8 Å². The Kier molecular flexibility index (Phi) is 5.06. The first-order chi connectivity index (χ1) is 12.1. The molecule has 2 aromatic rings. The van der Waals surface area contributed by atoms with Gasteiger partial charge in [0.05, 0.1) is 12.5 Å². The summed E-state index contributed by atoms with van der Waals surface area (Å²) in [6.45, 7) is 3.30. The summed E-state index contributed by atoms with van der Waals surface area (Å²) in [5.41, 5.74) is 1.38. The van der Waals surface area contributed by atoms with Gasteiger partial charge >= 0.3 is 5.97 Å². The van der Waals surface area contributed by atoms with Crippen molar-refractivity contribution in [3.8, 4) is 11.4 Å². The zero-order chi connectivity index (χ0) is 17.8. The van der Waals surface area contributed by atoms with Crippen molar-refractivity contribution in [3.05, 3.63) is 29.8 Å². The molecule has 3 rings (SSSR count). The third-order valence-electron chi connectivity index (χ3n) is 4.39. The molecule has 0 bridgehead atoms. The summed E-state index contributed by atoms with van der Waals surface area (Å²) in [7, 11) is 1.75. The average molecular weight is 343 g/mol. The molecule has 1 aliphatic rings. The van der Waals surface area contributed by atoms with E-state index in [1.54, 1.807) is 35.7 Å². The van der Waals surface area contributed by atoms with Crippen LogP contribution in [0.2, 0.25) is 0 Å². The quantitative estimate of drug-likeness (QED) is 0.777. The normalized spacial score (nSPS) is 15.2. The number of nitrogens with zero attached hydrogens (tertiary/aromatic N) is 5. The molecule has 1 aromatic carbocycles. The highest BCUT2D eigenvalue weighted by Gasteiger charge is 2.28. The fourth-order valence-electron chi connectivity index (χ4n) is 3.03. The third kappa shape index (κ3) is 3.67. The monoisotopic (exact) mass is 343 g/mol. The number of hydrogen-bond donors (Lipinski definition) is 0. The molecule has 1 fully saturated rings. The van der Waals surface area contributed by atoms with Gasteiger partial charge in [0.15, 0.2) is 5.82 Å². The first-order valence-electron chi connectivity index (χ1n) is 8.39. The highest BCUT2D eigenvalue weighted by atomic mass is 16.5. The van der Waals surface area contributed by atoms with Gasteiger partial charge in [-0.25, -0.2) is 4.68 Å². The van der Waals surface area contributed by atoms with Gasteiger partial charge in [0.2, 0.25) is 0 Å². The second-order valence-corrected chi connectivity index (χ2v) is 6.03. The molecule has 0 unspecified atom stereocenters. The van der Waals surface area contributed by atoms with Crippen LogP contribution in [0.5, 0.6) is 0 Å². The van der Waals surface area contributed by atoms with Crippen LogP contribution < -0.4 is 0 Å². The lowest BCUT2D eigenvalue weighted by molar-refractivity contribution is -0.149. The van der Waals surface area contributed by atoms with Crippen molar-refractivity contribution < 1.29 is 14.3 Å². The van der Waals surface area contributed by atoms with E-state index in [1.807, 2.05) is 12.1 Å². The van der Waals surface area contributed by atoms with Crippen molar-refractivity contribution in [2.75, 3.05) is 19.7 Å². The largest absolute Gasteiger partial charge is 0.466 e. The van der Waals surface area contributed by atoms with Crippen molar-refractivity contribution in [1.82, 2.24) is 25.1 Å². The Morgan fingerprint density at radius 2 is 2.04 bits per heavy atom. The van der Waals surface area contributed by atoms with Gasteiger partial charge in [0, 0.05) is 31.3 Å². The number of carbonyl (C=O) groups excluding carboxylic acids is 2. The molecule has 1 saturated heterocycles. The number of piperidine rings is 1. The Morgan fingerprint density at radius 1 is 1.28 bits per heavy atom. The van der Waals surface area contributed by atoms with Gasteiger partial charge in [-0.2, -0.15) is 0 Å². The van der Waals surface area contributed by atoms with Gasteiger partial charge in [0.25, 0.3) is 5.91 Å². The highest BCUT2D eigenvalue weighted by Crippen LogP contribution is 2.22.